The average Bonchev–Trinajstić information content (AvgIpc) is 2.84. The molecule has 4 atom stereocenters. The third kappa shape index (κ3) is 12.2. The summed E-state index contributed by atoms with van der Waals surface area (Å²) >= 11 is 1.41. The molecule has 0 saturated carbocycles. The number of aliphatic carboxylic acids is 2. The Hall–Kier alpha value is -3.65. The summed E-state index contributed by atoms with van der Waals surface area (Å²) in [5.74, 6) is -5.36. The standard InChI is InChI=1S/C23H33N5O8S/c1-37-10-9-15(26-20(32)14(24)7-8-19(30)31)21(33)27-16(11-13-5-3-2-4-6-13)22(34)28-17(23(35)36)12-18(25)29/h2-6,14-17H,7-12,24H2,1H3,(H2,25,29)(H,26,32)(H,27,33)(H,28,34)(H,30,31)(H,35,36). The highest BCUT2D eigenvalue weighted by atomic mass is 32.2. The number of carboxylic acid groups (broad SMARTS) is 2. The lowest BCUT2D eigenvalue weighted by atomic mass is 10.0. The second-order valence-corrected chi connectivity index (χ2v) is 9.19. The molecule has 0 aromatic heterocycles. The van der Waals surface area contributed by atoms with E-state index in [0.717, 1.165) is 0 Å². The molecule has 0 aliphatic heterocycles. The van der Waals surface area contributed by atoms with Crippen molar-refractivity contribution in [3.8, 4) is 0 Å². The van der Waals surface area contributed by atoms with E-state index in [4.69, 9.17) is 16.6 Å². The number of benzene rings is 1. The molecular weight excluding hydrogens is 506 g/mol. The van der Waals surface area contributed by atoms with Crippen LogP contribution in [0.2, 0.25) is 0 Å². The van der Waals surface area contributed by atoms with Gasteiger partial charge in [-0.05, 0) is 30.4 Å². The molecule has 1 aromatic carbocycles. The minimum atomic E-state index is -1.60. The Morgan fingerprint density at radius 3 is 1.97 bits per heavy atom. The number of hydrogen-bond acceptors (Lipinski definition) is 8. The van der Waals surface area contributed by atoms with Gasteiger partial charge in [0.1, 0.15) is 18.1 Å². The van der Waals surface area contributed by atoms with Crippen LogP contribution < -0.4 is 27.4 Å². The van der Waals surface area contributed by atoms with Crippen molar-refractivity contribution in [1.29, 1.82) is 0 Å². The van der Waals surface area contributed by atoms with Gasteiger partial charge in [0.25, 0.3) is 0 Å². The highest BCUT2D eigenvalue weighted by molar-refractivity contribution is 7.98. The van der Waals surface area contributed by atoms with Crippen LogP contribution in [-0.4, -0.2) is 82.0 Å². The van der Waals surface area contributed by atoms with Gasteiger partial charge in [0, 0.05) is 12.8 Å². The number of amides is 4. The largest absolute Gasteiger partial charge is 0.481 e. The van der Waals surface area contributed by atoms with E-state index in [1.54, 1.807) is 36.6 Å². The molecule has 4 amide bonds. The maximum atomic E-state index is 13.1. The molecule has 0 bridgehead atoms. The summed E-state index contributed by atoms with van der Waals surface area (Å²) in [6.45, 7) is 0. The summed E-state index contributed by atoms with van der Waals surface area (Å²) in [5, 5.41) is 25.4. The van der Waals surface area contributed by atoms with Crippen molar-refractivity contribution >= 4 is 47.3 Å². The third-order valence-corrected chi connectivity index (χ3v) is 5.83. The van der Waals surface area contributed by atoms with E-state index in [-0.39, 0.29) is 25.7 Å². The maximum Gasteiger partial charge on any atom is 0.326 e. The van der Waals surface area contributed by atoms with E-state index >= 15 is 0 Å². The van der Waals surface area contributed by atoms with Crippen molar-refractivity contribution in [2.45, 2.75) is 56.3 Å². The molecule has 14 heteroatoms. The molecular formula is C23H33N5O8S. The number of primary amides is 1. The van der Waals surface area contributed by atoms with Crippen molar-refractivity contribution in [3.63, 3.8) is 0 Å². The molecule has 0 aliphatic rings. The zero-order valence-electron chi connectivity index (χ0n) is 20.3. The second-order valence-electron chi connectivity index (χ2n) is 8.20. The lowest BCUT2D eigenvalue weighted by Gasteiger charge is -2.25. The van der Waals surface area contributed by atoms with Gasteiger partial charge < -0.3 is 37.6 Å². The summed E-state index contributed by atoms with van der Waals surface area (Å²) in [7, 11) is 0. The first-order valence-electron chi connectivity index (χ1n) is 11.4. The zero-order valence-corrected chi connectivity index (χ0v) is 21.2. The first-order valence-corrected chi connectivity index (χ1v) is 12.8. The first-order chi connectivity index (χ1) is 17.4. The Bertz CT molecular complexity index is 962. The minimum absolute atomic E-state index is 0.0113. The Kier molecular flexibility index (Phi) is 13.7. The van der Waals surface area contributed by atoms with Crippen LogP contribution in [0.25, 0.3) is 0 Å². The number of hydrogen-bond donors (Lipinski definition) is 7. The molecule has 0 spiro atoms. The lowest BCUT2D eigenvalue weighted by molar-refractivity contribution is -0.143. The minimum Gasteiger partial charge on any atom is -0.481 e. The van der Waals surface area contributed by atoms with E-state index < -0.39 is 66.2 Å². The van der Waals surface area contributed by atoms with Gasteiger partial charge in [-0.15, -0.1) is 0 Å². The highest BCUT2D eigenvalue weighted by Gasteiger charge is 2.31. The Balaban J connectivity index is 3.08. The quantitative estimate of drug-likeness (QED) is 0.122. The second kappa shape index (κ2) is 16.2. The third-order valence-electron chi connectivity index (χ3n) is 5.19. The fourth-order valence-corrected chi connectivity index (χ4v) is 3.67. The van der Waals surface area contributed by atoms with Gasteiger partial charge in [-0.2, -0.15) is 11.8 Å². The molecule has 37 heavy (non-hydrogen) atoms. The number of thioether (sulfide) groups is 1. The van der Waals surface area contributed by atoms with Crippen LogP contribution in [-0.2, 0) is 35.2 Å². The smallest absolute Gasteiger partial charge is 0.326 e. The molecule has 0 heterocycles. The molecule has 13 nitrogen and oxygen atoms in total. The average molecular weight is 540 g/mol. The zero-order chi connectivity index (χ0) is 28.0. The van der Waals surface area contributed by atoms with Crippen molar-refractivity contribution < 1.29 is 39.0 Å². The normalized spacial score (nSPS) is 13.9. The van der Waals surface area contributed by atoms with Crippen LogP contribution in [0.3, 0.4) is 0 Å². The van der Waals surface area contributed by atoms with Gasteiger partial charge in [-0.3, -0.25) is 24.0 Å². The highest BCUT2D eigenvalue weighted by Crippen LogP contribution is 2.08. The number of rotatable bonds is 17. The molecule has 1 rings (SSSR count). The van der Waals surface area contributed by atoms with Crippen LogP contribution in [0.1, 0.15) is 31.2 Å². The number of nitrogens with one attached hydrogen (secondary N) is 3. The summed E-state index contributed by atoms with van der Waals surface area (Å²) in [6.07, 6.45) is 0.866. The topological polar surface area (TPSA) is 231 Å². The van der Waals surface area contributed by atoms with Gasteiger partial charge in [0.05, 0.1) is 12.5 Å². The SMILES string of the molecule is CSCCC(NC(=O)C(N)CCC(=O)O)C(=O)NC(Cc1ccccc1)C(=O)NC(CC(N)=O)C(=O)O. The van der Waals surface area contributed by atoms with E-state index in [1.807, 2.05) is 0 Å². The fraction of sp³-hybridized carbons (Fsp3) is 0.478. The molecule has 0 aliphatic carbocycles. The van der Waals surface area contributed by atoms with E-state index in [0.29, 0.717) is 11.3 Å². The van der Waals surface area contributed by atoms with Gasteiger partial charge >= 0.3 is 11.9 Å². The first kappa shape index (κ1) is 31.4. The number of nitrogens with two attached hydrogens (primary N) is 2. The van der Waals surface area contributed by atoms with Crippen molar-refractivity contribution in [2.24, 2.45) is 11.5 Å². The lowest BCUT2D eigenvalue weighted by Crippen LogP contribution is -2.58. The Morgan fingerprint density at radius 2 is 1.43 bits per heavy atom. The predicted molar refractivity (Wildman–Crippen MR) is 135 cm³/mol. The molecule has 9 N–H and O–H groups in total. The molecule has 204 valence electrons. The van der Waals surface area contributed by atoms with E-state index in [9.17, 15) is 33.9 Å². The molecule has 0 saturated heterocycles. The summed E-state index contributed by atoms with van der Waals surface area (Å²) in [5.41, 5.74) is 11.5. The molecule has 0 fully saturated rings. The van der Waals surface area contributed by atoms with Crippen LogP contribution in [0.5, 0.6) is 0 Å². The summed E-state index contributed by atoms with van der Waals surface area (Å²) < 4.78 is 0. The van der Waals surface area contributed by atoms with E-state index in [1.165, 1.54) is 11.8 Å². The Morgan fingerprint density at radius 1 is 0.865 bits per heavy atom. The van der Waals surface area contributed by atoms with Crippen molar-refractivity contribution in [2.75, 3.05) is 12.0 Å². The van der Waals surface area contributed by atoms with Gasteiger partial charge in [0.15, 0.2) is 0 Å². The van der Waals surface area contributed by atoms with E-state index in [2.05, 4.69) is 16.0 Å². The van der Waals surface area contributed by atoms with Crippen LogP contribution in [0, 0.1) is 0 Å². The summed E-state index contributed by atoms with van der Waals surface area (Å²) in [6, 6.07) is 3.51. The maximum absolute atomic E-state index is 13.1. The van der Waals surface area contributed by atoms with Crippen LogP contribution in [0.15, 0.2) is 30.3 Å². The number of carbonyl (C=O) groups excluding carboxylic acids is 4. The molecule has 0 radical (unpaired) electrons. The van der Waals surface area contributed by atoms with Crippen molar-refractivity contribution in [3.05, 3.63) is 35.9 Å². The monoisotopic (exact) mass is 539 g/mol. The predicted octanol–water partition coefficient (Wildman–Crippen LogP) is -1.41. The van der Waals surface area contributed by atoms with Crippen LogP contribution >= 0.6 is 11.8 Å². The summed E-state index contributed by atoms with van der Waals surface area (Å²) in [4.78, 5) is 72.0. The number of carboxylic acids is 2. The molecule has 1 aromatic rings. The van der Waals surface area contributed by atoms with Crippen molar-refractivity contribution in [1.82, 2.24) is 16.0 Å². The molecule has 4 unspecified atom stereocenters. The van der Waals surface area contributed by atoms with Gasteiger partial charge in [-0.25, -0.2) is 4.79 Å². The van der Waals surface area contributed by atoms with Crippen LogP contribution in [0.4, 0.5) is 0 Å². The Labute approximate surface area is 218 Å². The van der Waals surface area contributed by atoms with Gasteiger partial charge in [0.2, 0.25) is 23.6 Å². The van der Waals surface area contributed by atoms with Gasteiger partial charge in [-0.1, -0.05) is 30.3 Å². The number of carbonyl (C=O) groups is 6. The fourth-order valence-electron chi connectivity index (χ4n) is 3.20.